The predicted octanol–water partition coefficient (Wildman–Crippen LogP) is 5.36. The second-order valence-electron chi connectivity index (χ2n) is 5.95. The zero-order chi connectivity index (χ0) is 15.9. The van der Waals surface area contributed by atoms with Gasteiger partial charge >= 0.3 is 0 Å². The Labute approximate surface area is 133 Å². The van der Waals surface area contributed by atoms with Gasteiger partial charge in [0.1, 0.15) is 6.29 Å². The monoisotopic (exact) mass is 292 g/mol. The fourth-order valence-corrected chi connectivity index (χ4v) is 2.97. The van der Waals surface area contributed by atoms with Crippen molar-refractivity contribution in [2.24, 2.45) is 0 Å². The van der Waals surface area contributed by atoms with Crippen LogP contribution in [0.15, 0.2) is 59.7 Å². The summed E-state index contributed by atoms with van der Waals surface area (Å²) in [6.07, 6.45) is 14.3. The molecule has 1 aromatic rings. The van der Waals surface area contributed by atoms with Crippen LogP contribution in [0.3, 0.4) is 0 Å². The maximum atomic E-state index is 10.4. The Morgan fingerprint density at radius 2 is 1.91 bits per heavy atom. The molecule has 0 spiro atoms. The third kappa shape index (κ3) is 4.17. The molecular weight excluding hydrogens is 268 g/mol. The van der Waals surface area contributed by atoms with E-state index in [0.717, 1.165) is 18.3 Å². The first-order valence-corrected chi connectivity index (χ1v) is 7.88. The van der Waals surface area contributed by atoms with Crippen molar-refractivity contribution in [2.45, 2.75) is 40.0 Å². The molecule has 0 N–H and O–H groups in total. The maximum absolute atomic E-state index is 10.4. The number of fused-ring (bicyclic) bond motifs is 1. The Balaban J connectivity index is 2.24. The van der Waals surface area contributed by atoms with Gasteiger partial charge in [-0.3, -0.25) is 4.79 Å². The predicted molar refractivity (Wildman–Crippen MR) is 94.8 cm³/mol. The quantitative estimate of drug-likeness (QED) is 0.414. The SMILES string of the molecule is CC(=C/C=C/C(C)=C/C=O)/C=C1\CCCc2cccc(C)c21. The second-order valence-corrected chi connectivity index (χ2v) is 5.95. The van der Waals surface area contributed by atoms with Gasteiger partial charge in [0.15, 0.2) is 0 Å². The van der Waals surface area contributed by atoms with Crippen LogP contribution in [0.1, 0.15) is 43.4 Å². The highest BCUT2D eigenvalue weighted by Crippen LogP contribution is 2.33. The lowest BCUT2D eigenvalue weighted by Crippen LogP contribution is -2.03. The molecule has 0 heterocycles. The topological polar surface area (TPSA) is 17.1 Å². The van der Waals surface area contributed by atoms with E-state index in [0.29, 0.717) is 0 Å². The van der Waals surface area contributed by atoms with E-state index < -0.39 is 0 Å². The number of allylic oxidation sites excluding steroid dienone is 8. The highest BCUT2D eigenvalue weighted by molar-refractivity contribution is 5.74. The standard InChI is InChI=1S/C21H24O/c1-16(13-14-22)7-4-8-17(2)15-20-12-6-11-19-10-5-9-18(3)21(19)20/h4-5,7-10,13-15H,6,11-12H2,1-3H3/b7-4+,16-13+,17-8-,20-15+. The van der Waals surface area contributed by atoms with E-state index in [1.807, 2.05) is 19.1 Å². The molecule has 1 heteroatoms. The molecule has 22 heavy (non-hydrogen) atoms. The van der Waals surface area contributed by atoms with Crippen molar-refractivity contribution in [3.05, 3.63) is 76.4 Å². The normalized spacial score (nSPS) is 17.9. The summed E-state index contributed by atoms with van der Waals surface area (Å²) in [4.78, 5) is 10.4. The second kappa shape index (κ2) is 7.74. The van der Waals surface area contributed by atoms with E-state index in [-0.39, 0.29) is 0 Å². The minimum absolute atomic E-state index is 0.819. The van der Waals surface area contributed by atoms with Crippen LogP contribution in [0.25, 0.3) is 5.57 Å². The fraction of sp³-hybridized carbons (Fsp3) is 0.286. The molecule has 0 aromatic heterocycles. The van der Waals surface area contributed by atoms with Crippen LogP contribution in [0, 0.1) is 6.92 Å². The number of carbonyl (C=O) groups excluding carboxylic acids is 1. The van der Waals surface area contributed by atoms with E-state index in [1.165, 1.54) is 40.7 Å². The lowest BCUT2D eigenvalue weighted by molar-refractivity contribution is -0.104. The molecule has 0 saturated carbocycles. The van der Waals surface area contributed by atoms with Crippen LogP contribution in [0.5, 0.6) is 0 Å². The Hall–Kier alpha value is -2.15. The zero-order valence-electron chi connectivity index (χ0n) is 13.7. The first-order chi connectivity index (χ1) is 10.6. The number of hydrogen-bond acceptors (Lipinski definition) is 1. The van der Waals surface area contributed by atoms with Gasteiger partial charge in [-0.25, -0.2) is 0 Å². The van der Waals surface area contributed by atoms with Crippen molar-refractivity contribution in [3.63, 3.8) is 0 Å². The molecule has 1 aliphatic rings. The highest BCUT2D eigenvalue weighted by atomic mass is 16.1. The van der Waals surface area contributed by atoms with Gasteiger partial charge < -0.3 is 0 Å². The van der Waals surface area contributed by atoms with Crippen LogP contribution in [-0.4, -0.2) is 6.29 Å². The average Bonchev–Trinajstić information content (AvgIpc) is 2.48. The van der Waals surface area contributed by atoms with Crippen LogP contribution in [0.2, 0.25) is 0 Å². The van der Waals surface area contributed by atoms with E-state index in [9.17, 15) is 4.79 Å². The largest absolute Gasteiger partial charge is 0.299 e. The number of rotatable bonds is 4. The Morgan fingerprint density at radius 1 is 1.09 bits per heavy atom. The molecule has 0 aliphatic heterocycles. The summed E-state index contributed by atoms with van der Waals surface area (Å²) >= 11 is 0. The summed E-state index contributed by atoms with van der Waals surface area (Å²) in [5.41, 5.74) is 7.94. The third-order valence-corrected chi connectivity index (χ3v) is 4.02. The molecule has 0 bridgehead atoms. The van der Waals surface area contributed by atoms with Crippen LogP contribution in [-0.2, 0) is 11.2 Å². The van der Waals surface area contributed by atoms with Gasteiger partial charge in [0.2, 0.25) is 0 Å². The third-order valence-electron chi connectivity index (χ3n) is 4.02. The Morgan fingerprint density at radius 3 is 2.68 bits per heavy atom. The minimum atomic E-state index is 0.819. The van der Waals surface area contributed by atoms with E-state index >= 15 is 0 Å². The van der Waals surface area contributed by atoms with Crippen LogP contribution >= 0.6 is 0 Å². The maximum Gasteiger partial charge on any atom is 0.143 e. The van der Waals surface area contributed by atoms with Crippen molar-refractivity contribution in [2.75, 3.05) is 0 Å². The molecule has 114 valence electrons. The summed E-state index contributed by atoms with van der Waals surface area (Å²) in [5, 5.41) is 0. The molecule has 1 aliphatic carbocycles. The molecule has 2 rings (SSSR count). The molecule has 0 radical (unpaired) electrons. The summed E-state index contributed by atoms with van der Waals surface area (Å²) in [6.45, 7) is 6.25. The minimum Gasteiger partial charge on any atom is -0.299 e. The number of benzene rings is 1. The molecule has 0 amide bonds. The van der Waals surface area contributed by atoms with Crippen molar-refractivity contribution in [3.8, 4) is 0 Å². The van der Waals surface area contributed by atoms with E-state index in [4.69, 9.17) is 0 Å². The molecular formula is C21H24O. The average molecular weight is 292 g/mol. The summed E-state index contributed by atoms with van der Waals surface area (Å²) in [6, 6.07) is 6.61. The highest BCUT2D eigenvalue weighted by Gasteiger charge is 2.15. The van der Waals surface area contributed by atoms with Crippen LogP contribution in [0.4, 0.5) is 0 Å². The lowest BCUT2D eigenvalue weighted by atomic mass is 9.84. The summed E-state index contributed by atoms with van der Waals surface area (Å²) < 4.78 is 0. The van der Waals surface area contributed by atoms with Gasteiger partial charge in [-0.05, 0) is 73.9 Å². The Kier molecular flexibility index (Phi) is 5.71. The van der Waals surface area contributed by atoms with Gasteiger partial charge in [0.05, 0.1) is 0 Å². The first kappa shape index (κ1) is 16.2. The fourth-order valence-electron chi connectivity index (χ4n) is 2.97. The van der Waals surface area contributed by atoms with Gasteiger partial charge in [0.25, 0.3) is 0 Å². The van der Waals surface area contributed by atoms with Crippen molar-refractivity contribution >= 4 is 11.9 Å². The van der Waals surface area contributed by atoms with Gasteiger partial charge in [-0.1, -0.05) is 48.1 Å². The van der Waals surface area contributed by atoms with Crippen LogP contribution < -0.4 is 0 Å². The molecule has 0 atom stereocenters. The number of carbonyl (C=O) groups is 1. The number of aryl methyl sites for hydroxylation is 2. The molecule has 0 saturated heterocycles. The van der Waals surface area contributed by atoms with Crippen molar-refractivity contribution in [1.82, 2.24) is 0 Å². The van der Waals surface area contributed by atoms with Crippen molar-refractivity contribution < 1.29 is 4.79 Å². The van der Waals surface area contributed by atoms with E-state index in [1.54, 1.807) is 6.08 Å². The molecule has 0 fully saturated rings. The molecule has 1 aromatic carbocycles. The zero-order valence-corrected chi connectivity index (χ0v) is 13.7. The number of hydrogen-bond donors (Lipinski definition) is 0. The van der Waals surface area contributed by atoms with Crippen molar-refractivity contribution in [1.29, 1.82) is 0 Å². The van der Waals surface area contributed by atoms with Gasteiger partial charge in [0, 0.05) is 0 Å². The first-order valence-electron chi connectivity index (χ1n) is 7.88. The summed E-state index contributed by atoms with van der Waals surface area (Å²) in [5.74, 6) is 0. The number of aldehydes is 1. The molecule has 1 nitrogen and oxygen atoms in total. The lowest BCUT2D eigenvalue weighted by Gasteiger charge is -2.21. The van der Waals surface area contributed by atoms with Gasteiger partial charge in [-0.2, -0.15) is 0 Å². The molecule has 0 unspecified atom stereocenters. The Bertz CT molecular complexity index is 669. The smallest absolute Gasteiger partial charge is 0.143 e. The van der Waals surface area contributed by atoms with E-state index in [2.05, 4.69) is 44.2 Å². The summed E-state index contributed by atoms with van der Waals surface area (Å²) in [7, 11) is 0. The van der Waals surface area contributed by atoms with Gasteiger partial charge in [-0.15, -0.1) is 0 Å².